The summed E-state index contributed by atoms with van der Waals surface area (Å²) >= 11 is 4.20. The van der Waals surface area contributed by atoms with Gasteiger partial charge >= 0.3 is 5.97 Å². The summed E-state index contributed by atoms with van der Waals surface area (Å²) in [5.74, 6) is -0.425. The van der Waals surface area contributed by atoms with Gasteiger partial charge in [-0.05, 0) is 13.8 Å². The lowest BCUT2D eigenvalue weighted by Gasteiger charge is -1.96. The average molecular weight is 367 g/mol. The molecule has 6 nitrogen and oxygen atoms in total. The quantitative estimate of drug-likeness (QED) is 0.693. The number of nitrogens with zero attached hydrogens (tertiary/aromatic N) is 3. The third-order valence-corrected chi connectivity index (χ3v) is 5.56. The predicted octanol–water partition coefficient (Wildman–Crippen LogP) is 3.62. The van der Waals surface area contributed by atoms with Crippen LogP contribution in [0, 0.1) is 0 Å². The molecule has 1 atom stereocenters. The Kier molecular flexibility index (Phi) is 4.81. The Bertz CT molecular complexity index is 822. The molecule has 1 N–H and O–H groups in total. The summed E-state index contributed by atoms with van der Waals surface area (Å²) in [5, 5.41) is 17.1. The summed E-state index contributed by atoms with van der Waals surface area (Å²) in [4.78, 5) is 24.8. The van der Waals surface area contributed by atoms with E-state index in [0.717, 1.165) is 10.7 Å². The van der Waals surface area contributed by atoms with Gasteiger partial charge in [-0.25, -0.2) is 19.7 Å². The Labute approximate surface area is 144 Å². The molecule has 0 aliphatic heterocycles. The zero-order valence-corrected chi connectivity index (χ0v) is 14.8. The second-order valence-corrected chi connectivity index (χ2v) is 7.15. The minimum Gasteiger partial charge on any atom is -0.461 e. The van der Waals surface area contributed by atoms with E-state index in [2.05, 4.69) is 15.0 Å². The van der Waals surface area contributed by atoms with Gasteiger partial charge in [0.1, 0.15) is 32.5 Å². The van der Waals surface area contributed by atoms with Crippen LogP contribution < -0.4 is 0 Å². The van der Waals surface area contributed by atoms with Crippen molar-refractivity contribution in [2.75, 3.05) is 6.61 Å². The standard InChI is InChI=1S/C14H13N3O3S3/c1-3-20-14(19)10-6-23-13(17-10)9-5-22-12(16-9)8-4-21-11(15-8)7(2)18/h4-7,18H,3H2,1-2H3/t7-/m0/s1. The van der Waals surface area contributed by atoms with Gasteiger partial charge in [-0.3, -0.25) is 0 Å². The zero-order chi connectivity index (χ0) is 16.4. The van der Waals surface area contributed by atoms with Crippen molar-refractivity contribution in [2.45, 2.75) is 20.0 Å². The van der Waals surface area contributed by atoms with Crippen LogP contribution in [0.25, 0.3) is 21.4 Å². The molecule has 23 heavy (non-hydrogen) atoms. The van der Waals surface area contributed by atoms with Crippen molar-refractivity contribution >= 4 is 40.0 Å². The summed E-state index contributed by atoms with van der Waals surface area (Å²) < 4.78 is 4.93. The Hall–Kier alpha value is -1.68. The number of carbonyl (C=O) groups excluding carboxylic acids is 1. The van der Waals surface area contributed by atoms with Gasteiger partial charge in [-0.1, -0.05) is 0 Å². The third kappa shape index (κ3) is 3.47. The molecule has 0 aliphatic carbocycles. The van der Waals surface area contributed by atoms with Gasteiger partial charge in [0.05, 0.1) is 6.61 Å². The number of ether oxygens (including phenoxy) is 1. The molecular formula is C14H13N3O3S3. The van der Waals surface area contributed by atoms with Crippen molar-refractivity contribution in [1.82, 2.24) is 15.0 Å². The molecule has 3 heterocycles. The SMILES string of the molecule is CCOC(=O)c1csc(-c2csc(-c3csc([C@H](C)O)n3)n2)n1. The molecule has 0 aliphatic rings. The van der Waals surface area contributed by atoms with E-state index < -0.39 is 12.1 Å². The van der Waals surface area contributed by atoms with E-state index in [1.807, 2.05) is 10.8 Å². The number of thiazole rings is 3. The van der Waals surface area contributed by atoms with Crippen molar-refractivity contribution in [3.63, 3.8) is 0 Å². The minimum absolute atomic E-state index is 0.298. The topological polar surface area (TPSA) is 85.2 Å². The van der Waals surface area contributed by atoms with E-state index in [1.54, 1.807) is 19.2 Å². The number of aliphatic hydroxyl groups excluding tert-OH is 1. The smallest absolute Gasteiger partial charge is 0.357 e. The fraction of sp³-hybridized carbons (Fsp3) is 0.286. The van der Waals surface area contributed by atoms with Crippen LogP contribution >= 0.6 is 34.0 Å². The molecular weight excluding hydrogens is 354 g/mol. The molecule has 0 amide bonds. The highest BCUT2D eigenvalue weighted by Crippen LogP contribution is 2.32. The zero-order valence-electron chi connectivity index (χ0n) is 12.3. The molecule has 0 unspecified atom stereocenters. The van der Waals surface area contributed by atoms with Gasteiger partial charge < -0.3 is 9.84 Å². The van der Waals surface area contributed by atoms with Gasteiger partial charge in [-0.2, -0.15) is 0 Å². The summed E-state index contributed by atoms with van der Waals surface area (Å²) in [7, 11) is 0. The molecule has 0 saturated heterocycles. The molecule has 3 aromatic heterocycles. The highest BCUT2D eigenvalue weighted by Gasteiger charge is 2.16. The molecule has 0 saturated carbocycles. The van der Waals surface area contributed by atoms with Crippen LogP contribution in [0.3, 0.4) is 0 Å². The van der Waals surface area contributed by atoms with Gasteiger partial charge in [0.15, 0.2) is 5.69 Å². The van der Waals surface area contributed by atoms with E-state index >= 15 is 0 Å². The van der Waals surface area contributed by atoms with Crippen LogP contribution in [0.4, 0.5) is 0 Å². The summed E-state index contributed by atoms with van der Waals surface area (Å²) in [6, 6.07) is 0. The van der Waals surface area contributed by atoms with Crippen LogP contribution in [0.15, 0.2) is 16.1 Å². The normalized spacial score (nSPS) is 12.3. The maximum atomic E-state index is 11.7. The average Bonchev–Trinajstić information content (AvgIpc) is 3.26. The van der Waals surface area contributed by atoms with Gasteiger partial charge in [0.2, 0.25) is 0 Å². The van der Waals surface area contributed by atoms with E-state index in [-0.39, 0.29) is 0 Å². The van der Waals surface area contributed by atoms with Gasteiger partial charge in [0, 0.05) is 16.1 Å². The largest absolute Gasteiger partial charge is 0.461 e. The van der Waals surface area contributed by atoms with Crippen LogP contribution in [0.5, 0.6) is 0 Å². The molecule has 0 radical (unpaired) electrons. The first-order chi connectivity index (χ1) is 11.1. The molecule has 9 heteroatoms. The molecule has 0 spiro atoms. The summed E-state index contributed by atoms with van der Waals surface area (Å²) in [6.07, 6.45) is -0.584. The number of carbonyl (C=O) groups is 1. The number of hydrogen-bond donors (Lipinski definition) is 1. The Morgan fingerprint density at radius 2 is 1.78 bits per heavy atom. The van der Waals surface area contributed by atoms with E-state index in [4.69, 9.17) is 4.74 Å². The highest BCUT2D eigenvalue weighted by molar-refractivity contribution is 7.16. The van der Waals surface area contributed by atoms with E-state index in [0.29, 0.717) is 28.0 Å². The first-order valence-electron chi connectivity index (χ1n) is 6.81. The van der Waals surface area contributed by atoms with Crippen molar-refractivity contribution < 1.29 is 14.6 Å². The third-order valence-electron chi connectivity index (χ3n) is 2.81. The first-order valence-corrected chi connectivity index (χ1v) is 9.44. The fourth-order valence-corrected chi connectivity index (χ4v) is 4.16. The number of aromatic nitrogens is 3. The first kappa shape index (κ1) is 16.2. The van der Waals surface area contributed by atoms with Gasteiger partial charge in [-0.15, -0.1) is 34.0 Å². The number of hydrogen-bond acceptors (Lipinski definition) is 9. The van der Waals surface area contributed by atoms with Crippen LogP contribution in [0.2, 0.25) is 0 Å². The van der Waals surface area contributed by atoms with Crippen molar-refractivity contribution in [3.8, 4) is 21.4 Å². The highest BCUT2D eigenvalue weighted by atomic mass is 32.1. The monoisotopic (exact) mass is 367 g/mol. The van der Waals surface area contributed by atoms with Crippen LogP contribution in [-0.2, 0) is 4.74 Å². The lowest BCUT2D eigenvalue weighted by Crippen LogP contribution is -2.04. The number of rotatable bonds is 5. The lowest BCUT2D eigenvalue weighted by molar-refractivity contribution is 0.0520. The maximum absolute atomic E-state index is 11.7. The molecule has 3 rings (SSSR count). The van der Waals surface area contributed by atoms with E-state index in [9.17, 15) is 9.90 Å². The Balaban J connectivity index is 1.82. The predicted molar refractivity (Wildman–Crippen MR) is 90.9 cm³/mol. The molecule has 3 aromatic rings. The number of aliphatic hydroxyl groups is 1. The van der Waals surface area contributed by atoms with Crippen LogP contribution in [0.1, 0.15) is 35.4 Å². The second-order valence-electron chi connectivity index (χ2n) is 4.54. The lowest BCUT2D eigenvalue weighted by atomic mass is 10.4. The van der Waals surface area contributed by atoms with Crippen LogP contribution in [-0.4, -0.2) is 32.6 Å². The molecule has 0 bridgehead atoms. The van der Waals surface area contributed by atoms with Crippen molar-refractivity contribution in [1.29, 1.82) is 0 Å². The molecule has 0 aromatic carbocycles. The van der Waals surface area contributed by atoms with E-state index in [1.165, 1.54) is 34.0 Å². The minimum atomic E-state index is -0.584. The fourth-order valence-electron chi connectivity index (χ4n) is 1.76. The Morgan fingerprint density at radius 1 is 1.13 bits per heavy atom. The van der Waals surface area contributed by atoms with Crippen molar-refractivity contribution in [2.24, 2.45) is 0 Å². The Morgan fingerprint density at radius 3 is 2.48 bits per heavy atom. The summed E-state index contributed by atoms with van der Waals surface area (Å²) in [5.41, 5.74) is 1.74. The van der Waals surface area contributed by atoms with Gasteiger partial charge in [0.25, 0.3) is 0 Å². The van der Waals surface area contributed by atoms with Crippen molar-refractivity contribution in [3.05, 3.63) is 26.8 Å². The molecule has 0 fully saturated rings. The summed E-state index contributed by atoms with van der Waals surface area (Å²) in [6.45, 7) is 3.76. The maximum Gasteiger partial charge on any atom is 0.357 e. The number of esters is 1. The molecule has 120 valence electrons. The second kappa shape index (κ2) is 6.83.